The number of nitrogen functional groups attached to an aromatic ring is 1. The second-order valence-electron chi connectivity index (χ2n) is 3.86. The summed E-state index contributed by atoms with van der Waals surface area (Å²) < 4.78 is 31.3. The average molecular weight is 260 g/mol. The van der Waals surface area contributed by atoms with E-state index in [1.807, 2.05) is 6.07 Å². The molecule has 96 valence electrons. The number of hydrogen-bond acceptors (Lipinski definition) is 3. The van der Waals surface area contributed by atoms with Crippen molar-refractivity contribution in [2.75, 3.05) is 5.73 Å². The van der Waals surface area contributed by atoms with Crippen molar-refractivity contribution in [3.05, 3.63) is 59.2 Å². The van der Waals surface area contributed by atoms with E-state index in [1.165, 1.54) is 6.07 Å². The first kappa shape index (κ1) is 12.8. The summed E-state index contributed by atoms with van der Waals surface area (Å²) in [5, 5.41) is 8.98. The smallest absolute Gasteiger partial charge is 0.167 e. The molecule has 2 N–H and O–H groups in total. The van der Waals surface area contributed by atoms with Crippen LogP contribution in [0.3, 0.4) is 0 Å². The van der Waals surface area contributed by atoms with E-state index in [0.717, 1.165) is 12.1 Å². The molecule has 0 aliphatic rings. The zero-order valence-electron chi connectivity index (χ0n) is 9.86. The van der Waals surface area contributed by atoms with Gasteiger partial charge in [-0.3, -0.25) is 0 Å². The van der Waals surface area contributed by atoms with Gasteiger partial charge in [-0.1, -0.05) is 12.1 Å². The molecular formula is C14H10F2N2O. The van der Waals surface area contributed by atoms with Crippen molar-refractivity contribution in [1.82, 2.24) is 0 Å². The molecule has 0 atom stereocenters. The van der Waals surface area contributed by atoms with Crippen molar-refractivity contribution in [1.29, 1.82) is 5.26 Å². The van der Waals surface area contributed by atoms with Gasteiger partial charge in [0, 0.05) is 17.3 Å². The molecule has 0 aromatic heterocycles. The molecule has 3 nitrogen and oxygen atoms in total. The van der Waals surface area contributed by atoms with Gasteiger partial charge >= 0.3 is 0 Å². The molecule has 0 aliphatic carbocycles. The zero-order valence-corrected chi connectivity index (χ0v) is 9.86. The number of nitrogens with zero attached hydrogens (tertiary/aromatic N) is 1. The zero-order chi connectivity index (χ0) is 13.8. The molecule has 0 bridgehead atoms. The Hall–Kier alpha value is -2.61. The van der Waals surface area contributed by atoms with Gasteiger partial charge in [0.05, 0.1) is 5.56 Å². The van der Waals surface area contributed by atoms with Gasteiger partial charge in [0.15, 0.2) is 11.6 Å². The summed E-state index contributed by atoms with van der Waals surface area (Å²) in [6.07, 6.45) is 0. The highest BCUT2D eigenvalue weighted by atomic mass is 19.1. The number of ether oxygens (including phenoxy) is 1. The summed E-state index contributed by atoms with van der Waals surface area (Å²) in [5.74, 6) is -1.54. The molecule has 0 radical (unpaired) electrons. The van der Waals surface area contributed by atoms with Crippen LogP contribution >= 0.6 is 0 Å². The molecule has 2 rings (SSSR count). The number of nitrogens with two attached hydrogens (primary N) is 1. The van der Waals surface area contributed by atoms with Crippen LogP contribution < -0.4 is 10.5 Å². The number of benzene rings is 2. The van der Waals surface area contributed by atoms with Gasteiger partial charge < -0.3 is 10.5 Å². The fraction of sp³-hybridized carbons (Fsp3) is 0.0714. The summed E-state index contributed by atoms with van der Waals surface area (Å²) in [6.45, 7) is -0.0174. The minimum Gasteiger partial charge on any atom is -0.486 e. The standard InChI is InChI=1S/C14H10F2N2O/c15-10-4-5-14(12(16)6-10)19-8-9-2-1-3-13(18)11(9)7-17/h1-6H,8,18H2. The molecule has 0 amide bonds. The number of anilines is 1. The van der Waals surface area contributed by atoms with Gasteiger partial charge in [-0.2, -0.15) is 5.26 Å². The fourth-order valence-electron chi connectivity index (χ4n) is 1.62. The van der Waals surface area contributed by atoms with E-state index < -0.39 is 11.6 Å². The normalized spacial score (nSPS) is 9.95. The minimum absolute atomic E-state index is 0.0174. The average Bonchev–Trinajstić information content (AvgIpc) is 2.38. The Kier molecular flexibility index (Phi) is 3.62. The number of rotatable bonds is 3. The van der Waals surface area contributed by atoms with Crippen molar-refractivity contribution >= 4 is 5.69 Å². The number of nitriles is 1. The predicted octanol–water partition coefficient (Wildman–Crippen LogP) is 3.00. The Balaban J connectivity index is 2.20. The minimum atomic E-state index is -0.789. The van der Waals surface area contributed by atoms with Crippen molar-refractivity contribution in [2.45, 2.75) is 6.61 Å². The molecule has 0 fully saturated rings. The summed E-state index contributed by atoms with van der Waals surface area (Å²) in [5.41, 5.74) is 6.83. The van der Waals surface area contributed by atoms with E-state index in [-0.39, 0.29) is 12.4 Å². The predicted molar refractivity (Wildman–Crippen MR) is 66.3 cm³/mol. The Morgan fingerprint density at radius 3 is 2.68 bits per heavy atom. The molecule has 2 aromatic carbocycles. The monoisotopic (exact) mass is 260 g/mol. The molecule has 5 heteroatoms. The van der Waals surface area contributed by atoms with Gasteiger partial charge in [-0.05, 0) is 18.2 Å². The van der Waals surface area contributed by atoms with Crippen LogP contribution in [0.15, 0.2) is 36.4 Å². The van der Waals surface area contributed by atoms with Gasteiger partial charge in [0.1, 0.15) is 18.5 Å². The highest BCUT2D eigenvalue weighted by molar-refractivity contribution is 5.57. The lowest BCUT2D eigenvalue weighted by Gasteiger charge is -2.09. The van der Waals surface area contributed by atoms with Crippen LogP contribution in [-0.4, -0.2) is 0 Å². The molecule has 0 aliphatic heterocycles. The van der Waals surface area contributed by atoms with E-state index in [2.05, 4.69) is 0 Å². The lowest BCUT2D eigenvalue weighted by Crippen LogP contribution is -2.02. The molecule has 0 unspecified atom stereocenters. The molecule has 0 saturated heterocycles. The largest absolute Gasteiger partial charge is 0.486 e. The molecule has 2 aromatic rings. The summed E-state index contributed by atoms with van der Waals surface area (Å²) in [6, 6.07) is 9.94. The highest BCUT2D eigenvalue weighted by Crippen LogP contribution is 2.21. The van der Waals surface area contributed by atoms with E-state index >= 15 is 0 Å². The Bertz CT molecular complexity index is 650. The van der Waals surface area contributed by atoms with Crippen LogP contribution in [0.1, 0.15) is 11.1 Å². The van der Waals surface area contributed by atoms with Crippen LogP contribution in [0.25, 0.3) is 0 Å². The second kappa shape index (κ2) is 5.36. The van der Waals surface area contributed by atoms with Crippen molar-refractivity contribution < 1.29 is 13.5 Å². The molecular weight excluding hydrogens is 250 g/mol. The third-order valence-corrected chi connectivity index (χ3v) is 2.57. The maximum absolute atomic E-state index is 13.4. The van der Waals surface area contributed by atoms with E-state index in [4.69, 9.17) is 15.7 Å². The van der Waals surface area contributed by atoms with Gasteiger partial charge in [0.25, 0.3) is 0 Å². The number of hydrogen-bond donors (Lipinski definition) is 1. The fourth-order valence-corrected chi connectivity index (χ4v) is 1.62. The van der Waals surface area contributed by atoms with Crippen LogP contribution in [0.4, 0.5) is 14.5 Å². The first-order valence-corrected chi connectivity index (χ1v) is 5.47. The lowest BCUT2D eigenvalue weighted by molar-refractivity contribution is 0.289. The number of halogens is 2. The Morgan fingerprint density at radius 1 is 1.21 bits per heavy atom. The quantitative estimate of drug-likeness (QED) is 0.863. The maximum Gasteiger partial charge on any atom is 0.167 e. The SMILES string of the molecule is N#Cc1c(N)cccc1COc1ccc(F)cc1F. The van der Waals surface area contributed by atoms with Gasteiger partial charge in [-0.25, -0.2) is 8.78 Å². The molecule has 0 saturated carbocycles. The molecule has 0 spiro atoms. The lowest BCUT2D eigenvalue weighted by atomic mass is 10.1. The molecule has 19 heavy (non-hydrogen) atoms. The highest BCUT2D eigenvalue weighted by Gasteiger charge is 2.09. The third-order valence-electron chi connectivity index (χ3n) is 2.57. The van der Waals surface area contributed by atoms with Crippen LogP contribution in [0, 0.1) is 23.0 Å². The van der Waals surface area contributed by atoms with Crippen LogP contribution in [0.2, 0.25) is 0 Å². The second-order valence-corrected chi connectivity index (χ2v) is 3.86. The van der Waals surface area contributed by atoms with E-state index in [1.54, 1.807) is 18.2 Å². The first-order valence-electron chi connectivity index (χ1n) is 5.47. The Morgan fingerprint density at radius 2 is 2.00 bits per heavy atom. The van der Waals surface area contributed by atoms with Crippen molar-refractivity contribution in [3.63, 3.8) is 0 Å². The van der Waals surface area contributed by atoms with Crippen LogP contribution in [0.5, 0.6) is 5.75 Å². The maximum atomic E-state index is 13.4. The van der Waals surface area contributed by atoms with Crippen LogP contribution in [-0.2, 0) is 6.61 Å². The molecule has 0 heterocycles. The van der Waals surface area contributed by atoms with E-state index in [9.17, 15) is 8.78 Å². The summed E-state index contributed by atoms with van der Waals surface area (Å²) in [4.78, 5) is 0. The first-order chi connectivity index (χ1) is 9.11. The Labute approximate surface area is 108 Å². The third kappa shape index (κ3) is 2.80. The van der Waals surface area contributed by atoms with Crippen molar-refractivity contribution in [2.24, 2.45) is 0 Å². The van der Waals surface area contributed by atoms with Gasteiger partial charge in [0.2, 0.25) is 0 Å². The summed E-state index contributed by atoms with van der Waals surface area (Å²) in [7, 11) is 0. The van der Waals surface area contributed by atoms with Crippen molar-refractivity contribution in [3.8, 4) is 11.8 Å². The van der Waals surface area contributed by atoms with E-state index in [0.29, 0.717) is 16.8 Å². The topological polar surface area (TPSA) is 59.0 Å². The van der Waals surface area contributed by atoms with Gasteiger partial charge in [-0.15, -0.1) is 0 Å². The summed E-state index contributed by atoms with van der Waals surface area (Å²) >= 11 is 0.